The van der Waals surface area contributed by atoms with E-state index >= 15 is 0 Å². The number of amides is 2. The van der Waals surface area contributed by atoms with E-state index in [2.05, 4.69) is 31.2 Å². The highest BCUT2D eigenvalue weighted by atomic mass is 79.9. The molecule has 2 amide bonds. The van der Waals surface area contributed by atoms with E-state index in [0.29, 0.717) is 32.9 Å². The van der Waals surface area contributed by atoms with Crippen LogP contribution in [0.1, 0.15) is 20.7 Å². The van der Waals surface area contributed by atoms with Gasteiger partial charge < -0.3 is 11.1 Å². The van der Waals surface area contributed by atoms with Crippen molar-refractivity contribution in [2.75, 3.05) is 18.1 Å². The van der Waals surface area contributed by atoms with Crippen LogP contribution in [-0.2, 0) is 0 Å². The molecule has 1 aromatic heterocycles. The fourth-order valence-electron chi connectivity index (χ4n) is 2.05. The van der Waals surface area contributed by atoms with Crippen molar-refractivity contribution >= 4 is 45.1 Å². The van der Waals surface area contributed by atoms with Crippen molar-refractivity contribution in [2.45, 2.75) is 0 Å². The average molecular weight is 348 g/mol. The number of carbonyl (C=O) groups excluding carboxylic acids is 2. The van der Waals surface area contributed by atoms with Crippen molar-refractivity contribution < 1.29 is 9.59 Å². The van der Waals surface area contributed by atoms with E-state index in [0.717, 1.165) is 4.90 Å². The molecule has 7 nitrogen and oxygen atoms in total. The summed E-state index contributed by atoms with van der Waals surface area (Å²) in [6.45, 7) is 0. The molecule has 2 heterocycles. The maximum absolute atomic E-state index is 12.0. The summed E-state index contributed by atoms with van der Waals surface area (Å²) in [5, 5.41) is 3.03. The fraction of sp³-hybridized carbons (Fsp3) is 0.0769. The van der Waals surface area contributed by atoms with Crippen molar-refractivity contribution in [3.05, 3.63) is 40.1 Å². The van der Waals surface area contributed by atoms with Gasteiger partial charge in [0, 0.05) is 12.7 Å². The number of anilines is 3. The maximum atomic E-state index is 12.0. The van der Waals surface area contributed by atoms with Gasteiger partial charge in [0.1, 0.15) is 22.4 Å². The molecule has 0 radical (unpaired) electrons. The molecular weight excluding hydrogens is 338 g/mol. The van der Waals surface area contributed by atoms with Gasteiger partial charge in [-0.3, -0.25) is 14.5 Å². The standard InChI is InChI=1S/C13H10BrN5O2/c1-19-12(20)7-3-2-6(4-8(7)13(19)21)18-11-9(14)10(15)16-5-17-11/h2-5H,1H3,(H3,15,16,17,18). The number of nitrogens with zero attached hydrogens (tertiary/aromatic N) is 3. The Kier molecular flexibility index (Phi) is 3.09. The summed E-state index contributed by atoms with van der Waals surface area (Å²) in [7, 11) is 1.46. The van der Waals surface area contributed by atoms with Crippen molar-refractivity contribution in [2.24, 2.45) is 0 Å². The van der Waals surface area contributed by atoms with E-state index in [-0.39, 0.29) is 11.8 Å². The Morgan fingerprint density at radius 3 is 2.67 bits per heavy atom. The van der Waals surface area contributed by atoms with Crippen LogP contribution in [0.15, 0.2) is 29.0 Å². The molecule has 0 fully saturated rings. The van der Waals surface area contributed by atoms with Gasteiger partial charge in [-0.25, -0.2) is 9.97 Å². The molecular formula is C13H10BrN5O2. The van der Waals surface area contributed by atoms with E-state index in [9.17, 15) is 9.59 Å². The van der Waals surface area contributed by atoms with Gasteiger partial charge in [0.25, 0.3) is 11.8 Å². The zero-order valence-corrected chi connectivity index (χ0v) is 12.5. The second kappa shape index (κ2) is 4.81. The Balaban J connectivity index is 1.98. The molecule has 1 aliphatic rings. The smallest absolute Gasteiger partial charge is 0.261 e. The Hall–Kier alpha value is -2.48. The minimum Gasteiger partial charge on any atom is -0.383 e. The number of rotatable bonds is 2. The van der Waals surface area contributed by atoms with E-state index in [1.807, 2.05) is 0 Å². The van der Waals surface area contributed by atoms with Crippen LogP contribution < -0.4 is 11.1 Å². The van der Waals surface area contributed by atoms with Crippen LogP contribution >= 0.6 is 15.9 Å². The molecule has 0 aliphatic carbocycles. The van der Waals surface area contributed by atoms with E-state index in [1.165, 1.54) is 13.4 Å². The summed E-state index contributed by atoms with van der Waals surface area (Å²) >= 11 is 3.29. The summed E-state index contributed by atoms with van der Waals surface area (Å²) in [5.74, 6) is 0.168. The molecule has 0 bridgehead atoms. The molecule has 106 valence electrons. The van der Waals surface area contributed by atoms with E-state index in [4.69, 9.17) is 5.73 Å². The van der Waals surface area contributed by atoms with Gasteiger partial charge in [0.2, 0.25) is 0 Å². The average Bonchev–Trinajstić information content (AvgIpc) is 2.69. The molecule has 0 saturated carbocycles. The van der Waals surface area contributed by atoms with Crippen LogP contribution in [-0.4, -0.2) is 33.7 Å². The lowest BCUT2D eigenvalue weighted by Gasteiger charge is -2.09. The number of hydrogen-bond donors (Lipinski definition) is 2. The normalized spacial score (nSPS) is 13.5. The number of benzene rings is 1. The van der Waals surface area contributed by atoms with Gasteiger partial charge in [-0.15, -0.1) is 0 Å². The first-order chi connectivity index (χ1) is 9.99. The molecule has 21 heavy (non-hydrogen) atoms. The van der Waals surface area contributed by atoms with Crippen molar-refractivity contribution in [1.29, 1.82) is 0 Å². The predicted molar refractivity (Wildman–Crippen MR) is 80.3 cm³/mol. The zero-order valence-electron chi connectivity index (χ0n) is 10.9. The third-order valence-electron chi connectivity index (χ3n) is 3.17. The highest BCUT2D eigenvalue weighted by Gasteiger charge is 2.32. The minimum atomic E-state index is -0.320. The van der Waals surface area contributed by atoms with Crippen LogP contribution in [0, 0.1) is 0 Å². The largest absolute Gasteiger partial charge is 0.383 e. The number of hydrogen-bond acceptors (Lipinski definition) is 6. The van der Waals surface area contributed by atoms with E-state index < -0.39 is 0 Å². The lowest BCUT2D eigenvalue weighted by Crippen LogP contribution is -2.24. The Morgan fingerprint density at radius 2 is 1.90 bits per heavy atom. The summed E-state index contributed by atoms with van der Waals surface area (Å²) in [6.07, 6.45) is 1.33. The SMILES string of the molecule is CN1C(=O)c2ccc(Nc3ncnc(N)c3Br)cc2C1=O. The second-order valence-corrected chi connectivity index (χ2v) is 5.27. The lowest BCUT2D eigenvalue weighted by molar-refractivity contribution is 0.0693. The number of fused-ring (bicyclic) bond motifs is 1. The number of halogens is 1. The number of imide groups is 1. The molecule has 8 heteroatoms. The number of nitrogens with one attached hydrogen (secondary N) is 1. The highest BCUT2D eigenvalue weighted by molar-refractivity contribution is 9.10. The molecule has 1 aromatic carbocycles. The fourth-order valence-corrected chi connectivity index (χ4v) is 2.35. The van der Waals surface area contributed by atoms with Crippen LogP contribution in [0.4, 0.5) is 17.3 Å². The molecule has 3 N–H and O–H groups in total. The van der Waals surface area contributed by atoms with Crippen LogP contribution in [0.2, 0.25) is 0 Å². The first kappa shape index (κ1) is 13.5. The van der Waals surface area contributed by atoms with Gasteiger partial charge in [-0.2, -0.15) is 0 Å². The molecule has 1 aliphatic heterocycles. The molecule has 0 spiro atoms. The third kappa shape index (κ3) is 2.13. The summed E-state index contributed by atoms with van der Waals surface area (Å²) < 4.78 is 0.532. The summed E-state index contributed by atoms with van der Waals surface area (Å²) in [4.78, 5) is 32.8. The van der Waals surface area contributed by atoms with Gasteiger partial charge in [0.15, 0.2) is 0 Å². The lowest BCUT2D eigenvalue weighted by atomic mass is 10.1. The van der Waals surface area contributed by atoms with Gasteiger partial charge in [0.05, 0.1) is 11.1 Å². The molecule has 0 unspecified atom stereocenters. The highest BCUT2D eigenvalue weighted by Crippen LogP contribution is 2.29. The minimum absolute atomic E-state index is 0.297. The number of aromatic nitrogens is 2. The number of carbonyl (C=O) groups is 2. The first-order valence-corrected chi connectivity index (χ1v) is 6.77. The van der Waals surface area contributed by atoms with Gasteiger partial charge in [-0.05, 0) is 34.1 Å². The Labute approximate surface area is 128 Å². The van der Waals surface area contributed by atoms with Crippen molar-refractivity contribution in [3.8, 4) is 0 Å². The van der Waals surface area contributed by atoms with Gasteiger partial charge in [-0.1, -0.05) is 0 Å². The molecule has 0 atom stereocenters. The summed E-state index contributed by atoms with van der Waals surface area (Å²) in [5.41, 5.74) is 7.07. The van der Waals surface area contributed by atoms with Crippen LogP contribution in [0.5, 0.6) is 0 Å². The van der Waals surface area contributed by atoms with Gasteiger partial charge >= 0.3 is 0 Å². The third-order valence-corrected chi connectivity index (χ3v) is 3.95. The zero-order chi connectivity index (χ0) is 15.1. The predicted octanol–water partition coefficient (Wildman–Crippen LogP) is 1.79. The molecule has 3 rings (SSSR count). The molecule has 0 saturated heterocycles. The first-order valence-electron chi connectivity index (χ1n) is 5.98. The van der Waals surface area contributed by atoms with Crippen LogP contribution in [0.3, 0.4) is 0 Å². The Morgan fingerprint density at radius 1 is 1.19 bits per heavy atom. The number of nitrogens with two attached hydrogens (primary N) is 1. The van der Waals surface area contributed by atoms with E-state index in [1.54, 1.807) is 18.2 Å². The second-order valence-electron chi connectivity index (χ2n) is 4.48. The molecule has 2 aromatic rings. The van der Waals surface area contributed by atoms with Crippen molar-refractivity contribution in [1.82, 2.24) is 14.9 Å². The Bertz CT molecular complexity index is 777. The summed E-state index contributed by atoms with van der Waals surface area (Å²) in [6, 6.07) is 4.93. The monoisotopic (exact) mass is 347 g/mol. The quantitative estimate of drug-likeness (QED) is 0.803. The van der Waals surface area contributed by atoms with Crippen LogP contribution in [0.25, 0.3) is 0 Å². The maximum Gasteiger partial charge on any atom is 0.261 e. The topological polar surface area (TPSA) is 101 Å². The van der Waals surface area contributed by atoms with Crippen molar-refractivity contribution in [3.63, 3.8) is 0 Å². The number of nitrogen functional groups attached to an aromatic ring is 1.